The Balaban J connectivity index is 1.56. The third-order valence-electron chi connectivity index (χ3n) is 4.31. The van der Waals surface area contributed by atoms with Crippen molar-refractivity contribution >= 4 is 16.7 Å². The van der Waals surface area contributed by atoms with E-state index >= 15 is 0 Å². The van der Waals surface area contributed by atoms with Gasteiger partial charge < -0.3 is 10.6 Å². The van der Waals surface area contributed by atoms with Crippen LogP contribution in [0.5, 0.6) is 0 Å². The molecule has 2 aromatic rings. The Bertz CT molecular complexity index is 617. The molecule has 1 aliphatic heterocycles. The summed E-state index contributed by atoms with van der Waals surface area (Å²) in [6.45, 7) is 3.00. The van der Waals surface area contributed by atoms with Crippen LogP contribution >= 0.6 is 0 Å². The summed E-state index contributed by atoms with van der Waals surface area (Å²) >= 11 is 0. The summed E-state index contributed by atoms with van der Waals surface area (Å²) in [7, 11) is 0. The van der Waals surface area contributed by atoms with Crippen molar-refractivity contribution in [3.63, 3.8) is 0 Å². The van der Waals surface area contributed by atoms with Gasteiger partial charge in [0.2, 0.25) is 0 Å². The van der Waals surface area contributed by atoms with E-state index < -0.39 is 0 Å². The lowest BCUT2D eigenvalue weighted by Gasteiger charge is -2.22. The Kier molecular flexibility index (Phi) is 4.51. The van der Waals surface area contributed by atoms with Crippen LogP contribution in [0.4, 0.5) is 0 Å². The van der Waals surface area contributed by atoms with Gasteiger partial charge in [0.05, 0.1) is 0 Å². The Morgan fingerprint density at radius 2 is 1.86 bits per heavy atom. The quantitative estimate of drug-likeness (QED) is 0.905. The highest BCUT2D eigenvalue weighted by atomic mass is 16.1. The summed E-state index contributed by atoms with van der Waals surface area (Å²) in [4.78, 5) is 12.2. The molecule has 0 unspecified atom stereocenters. The molecule has 110 valence electrons. The SMILES string of the molecule is O=C(NCCC1CCNCC1)c1ccc2ccccc2c1. The lowest BCUT2D eigenvalue weighted by molar-refractivity contribution is 0.0950. The Morgan fingerprint density at radius 1 is 1.10 bits per heavy atom. The van der Waals surface area contributed by atoms with E-state index in [9.17, 15) is 4.79 Å². The molecule has 0 aromatic heterocycles. The summed E-state index contributed by atoms with van der Waals surface area (Å²) in [5.74, 6) is 0.790. The van der Waals surface area contributed by atoms with Crippen LogP contribution in [0.15, 0.2) is 42.5 Å². The van der Waals surface area contributed by atoms with Crippen LogP contribution in [0, 0.1) is 5.92 Å². The van der Waals surface area contributed by atoms with E-state index in [-0.39, 0.29) is 5.91 Å². The fourth-order valence-corrected chi connectivity index (χ4v) is 2.99. The molecule has 0 aliphatic carbocycles. The van der Waals surface area contributed by atoms with Crippen molar-refractivity contribution < 1.29 is 4.79 Å². The molecule has 0 radical (unpaired) electrons. The highest BCUT2D eigenvalue weighted by molar-refractivity contribution is 5.98. The Hall–Kier alpha value is -1.87. The number of hydrogen-bond donors (Lipinski definition) is 2. The van der Waals surface area contributed by atoms with Crippen LogP contribution in [0.3, 0.4) is 0 Å². The molecular weight excluding hydrogens is 260 g/mol. The number of hydrogen-bond acceptors (Lipinski definition) is 2. The third kappa shape index (κ3) is 3.61. The van der Waals surface area contributed by atoms with E-state index in [0.717, 1.165) is 42.9 Å². The molecule has 0 spiro atoms. The van der Waals surface area contributed by atoms with Crippen LogP contribution < -0.4 is 10.6 Å². The maximum Gasteiger partial charge on any atom is 0.251 e. The fourth-order valence-electron chi connectivity index (χ4n) is 2.99. The molecule has 1 aliphatic rings. The van der Waals surface area contributed by atoms with Crippen molar-refractivity contribution in [1.82, 2.24) is 10.6 Å². The second-order valence-corrected chi connectivity index (χ2v) is 5.80. The van der Waals surface area contributed by atoms with Crippen molar-refractivity contribution in [2.45, 2.75) is 19.3 Å². The zero-order valence-corrected chi connectivity index (χ0v) is 12.3. The standard InChI is InChI=1S/C18H22N2O/c21-18(20-12-9-14-7-10-19-11-8-14)17-6-5-15-3-1-2-4-16(15)13-17/h1-6,13-14,19H,7-12H2,(H,20,21). The monoisotopic (exact) mass is 282 g/mol. The Morgan fingerprint density at radius 3 is 2.67 bits per heavy atom. The highest BCUT2D eigenvalue weighted by Gasteiger charge is 2.13. The first kappa shape index (κ1) is 14.1. The zero-order valence-electron chi connectivity index (χ0n) is 12.3. The minimum atomic E-state index is 0.0367. The third-order valence-corrected chi connectivity index (χ3v) is 4.31. The molecule has 1 heterocycles. The van der Waals surface area contributed by atoms with Gasteiger partial charge in [0.1, 0.15) is 0 Å². The van der Waals surface area contributed by atoms with Gasteiger partial charge in [0, 0.05) is 12.1 Å². The van der Waals surface area contributed by atoms with Gasteiger partial charge in [0.15, 0.2) is 0 Å². The predicted octanol–water partition coefficient (Wildman–Crippen LogP) is 2.96. The van der Waals surface area contributed by atoms with E-state index in [0.29, 0.717) is 0 Å². The van der Waals surface area contributed by atoms with Gasteiger partial charge in [-0.2, -0.15) is 0 Å². The van der Waals surface area contributed by atoms with E-state index in [1.165, 1.54) is 18.2 Å². The lowest BCUT2D eigenvalue weighted by atomic mass is 9.95. The predicted molar refractivity (Wildman–Crippen MR) is 86.5 cm³/mol. The van der Waals surface area contributed by atoms with Crippen molar-refractivity contribution in [1.29, 1.82) is 0 Å². The summed E-state index contributed by atoms with van der Waals surface area (Å²) in [6.07, 6.45) is 3.54. The second-order valence-electron chi connectivity index (χ2n) is 5.80. The topological polar surface area (TPSA) is 41.1 Å². The summed E-state index contributed by atoms with van der Waals surface area (Å²) in [5.41, 5.74) is 0.749. The molecular formula is C18H22N2O. The summed E-state index contributed by atoms with van der Waals surface area (Å²) in [5, 5.41) is 8.71. The van der Waals surface area contributed by atoms with Crippen molar-refractivity contribution in [3.8, 4) is 0 Å². The first-order chi connectivity index (χ1) is 10.3. The first-order valence-electron chi connectivity index (χ1n) is 7.80. The highest BCUT2D eigenvalue weighted by Crippen LogP contribution is 2.17. The fraction of sp³-hybridized carbons (Fsp3) is 0.389. The van der Waals surface area contributed by atoms with E-state index in [1.807, 2.05) is 36.4 Å². The number of rotatable bonds is 4. The van der Waals surface area contributed by atoms with E-state index in [4.69, 9.17) is 0 Å². The zero-order chi connectivity index (χ0) is 14.5. The first-order valence-corrected chi connectivity index (χ1v) is 7.80. The van der Waals surface area contributed by atoms with Gasteiger partial charge in [-0.05, 0) is 61.2 Å². The molecule has 3 rings (SSSR count). The number of carbonyl (C=O) groups is 1. The summed E-state index contributed by atoms with van der Waals surface area (Å²) < 4.78 is 0. The van der Waals surface area contributed by atoms with Gasteiger partial charge >= 0.3 is 0 Å². The van der Waals surface area contributed by atoms with Gasteiger partial charge in [0.25, 0.3) is 5.91 Å². The van der Waals surface area contributed by atoms with E-state index in [2.05, 4.69) is 16.7 Å². The molecule has 21 heavy (non-hydrogen) atoms. The molecule has 3 nitrogen and oxygen atoms in total. The molecule has 0 saturated carbocycles. The van der Waals surface area contributed by atoms with Crippen LogP contribution in [-0.2, 0) is 0 Å². The molecule has 2 aromatic carbocycles. The lowest BCUT2D eigenvalue weighted by Crippen LogP contribution is -2.31. The van der Waals surface area contributed by atoms with Crippen LogP contribution in [-0.4, -0.2) is 25.5 Å². The molecule has 0 bridgehead atoms. The van der Waals surface area contributed by atoms with Gasteiger partial charge in [-0.25, -0.2) is 0 Å². The van der Waals surface area contributed by atoms with Crippen LogP contribution in [0.25, 0.3) is 10.8 Å². The number of carbonyl (C=O) groups excluding carboxylic acids is 1. The van der Waals surface area contributed by atoms with Gasteiger partial charge in [-0.15, -0.1) is 0 Å². The second kappa shape index (κ2) is 6.72. The van der Waals surface area contributed by atoms with Crippen molar-refractivity contribution in [2.24, 2.45) is 5.92 Å². The van der Waals surface area contributed by atoms with Gasteiger partial charge in [-0.1, -0.05) is 30.3 Å². The largest absolute Gasteiger partial charge is 0.352 e. The maximum absolute atomic E-state index is 12.2. The minimum Gasteiger partial charge on any atom is -0.352 e. The average molecular weight is 282 g/mol. The molecule has 0 atom stereocenters. The van der Waals surface area contributed by atoms with E-state index in [1.54, 1.807) is 0 Å². The smallest absolute Gasteiger partial charge is 0.251 e. The normalized spacial score (nSPS) is 16.0. The molecule has 1 amide bonds. The number of amides is 1. The molecule has 2 N–H and O–H groups in total. The average Bonchev–Trinajstić information content (AvgIpc) is 2.55. The number of nitrogens with one attached hydrogen (secondary N) is 2. The van der Waals surface area contributed by atoms with Crippen molar-refractivity contribution in [3.05, 3.63) is 48.0 Å². The van der Waals surface area contributed by atoms with Crippen LogP contribution in [0.1, 0.15) is 29.6 Å². The maximum atomic E-state index is 12.2. The number of benzene rings is 2. The minimum absolute atomic E-state index is 0.0367. The van der Waals surface area contributed by atoms with Crippen LogP contribution in [0.2, 0.25) is 0 Å². The number of piperidine rings is 1. The van der Waals surface area contributed by atoms with Crippen molar-refractivity contribution in [2.75, 3.05) is 19.6 Å². The molecule has 3 heteroatoms. The molecule has 1 fully saturated rings. The summed E-state index contributed by atoms with van der Waals surface area (Å²) in [6, 6.07) is 14.0. The Labute approximate surface area is 125 Å². The van der Waals surface area contributed by atoms with Gasteiger partial charge in [-0.3, -0.25) is 4.79 Å². The number of fused-ring (bicyclic) bond motifs is 1. The molecule has 1 saturated heterocycles.